The maximum atomic E-state index is 13.5. The Kier molecular flexibility index (Phi) is 7.17. The van der Waals surface area contributed by atoms with Crippen molar-refractivity contribution in [2.24, 2.45) is 7.05 Å². The van der Waals surface area contributed by atoms with Crippen molar-refractivity contribution in [2.45, 2.75) is 55.7 Å². The second-order valence-electron chi connectivity index (χ2n) is 11.2. The number of hydrogen-bond acceptors (Lipinski definition) is 10. The van der Waals surface area contributed by atoms with Crippen molar-refractivity contribution >= 4 is 33.3 Å². The van der Waals surface area contributed by atoms with Crippen molar-refractivity contribution in [1.29, 1.82) is 0 Å². The lowest BCUT2D eigenvalue weighted by Crippen LogP contribution is -2.53. The molecule has 0 saturated heterocycles. The lowest BCUT2D eigenvalue weighted by Gasteiger charge is -2.39. The number of nitrogens with zero attached hydrogens (tertiary/aromatic N) is 8. The van der Waals surface area contributed by atoms with E-state index in [1.165, 1.54) is 12.4 Å². The van der Waals surface area contributed by atoms with Crippen LogP contribution < -0.4 is 10.6 Å². The molecule has 2 aliphatic rings. The zero-order valence-corrected chi connectivity index (χ0v) is 24.7. The highest BCUT2D eigenvalue weighted by molar-refractivity contribution is 7.90. The van der Waals surface area contributed by atoms with Crippen molar-refractivity contribution in [3.8, 4) is 22.6 Å². The largest absolute Gasteiger partial charge is 0.371 e. The number of rotatable bonds is 9. The summed E-state index contributed by atoms with van der Waals surface area (Å²) < 4.78 is 27.9. The normalized spacial score (nSPS) is 16.6. The molecule has 2 saturated carbocycles. The van der Waals surface area contributed by atoms with Crippen molar-refractivity contribution in [3.63, 3.8) is 0 Å². The van der Waals surface area contributed by atoms with E-state index in [4.69, 9.17) is 0 Å². The molecule has 0 radical (unpaired) electrons. The van der Waals surface area contributed by atoms with Crippen molar-refractivity contribution < 1.29 is 13.2 Å². The van der Waals surface area contributed by atoms with Gasteiger partial charge in [-0.25, -0.2) is 23.4 Å². The van der Waals surface area contributed by atoms with Crippen LogP contribution in [0.2, 0.25) is 0 Å². The van der Waals surface area contributed by atoms with Crippen LogP contribution in [0.3, 0.4) is 0 Å². The molecule has 2 aliphatic carbocycles. The first-order valence-corrected chi connectivity index (χ1v) is 15.5. The van der Waals surface area contributed by atoms with Crippen LogP contribution in [0.1, 0.15) is 44.9 Å². The number of aromatic nitrogens is 7. The third-order valence-electron chi connectivity index (χ3n) is 7.73. The number of aryl methyl sites for hydroxylation is 1. The topological polar surface area (TPSA) is 153 Å². The second kappa shape index (κ2) is 10.8. The molecule has 1 amide bonds. The highest BCUT2D eigenvalue weighted by Crippen LogP contribution is 2.37. The first-order valence-electron chi connectivity index (χ1n) is 14.0. The molecule has 0 spiro atoms. The molecule has 14 heteroatoms. The fourth-order valence-electron chi connectivity index (χ4n) is 5.40. The van der Waals surface area contributed by atoms with Gasteiger partial charge < -0.3 is 15.5 Å². The van der Waals surface area contributed by atoms with E-state index in [1.54, 1.807) is 42.1 Å². The van der Waals surface area contributed by atoms with Crippen LogP contribution in [-0.2, 0) is 21.9 Å². The summed E-state index contributed by atoms with van der Waals surface area (Å²) in [6.45, 7) is 0. The summed E-state index contributed by atoms with van der Waals surface area (Å²) in [5.41, 5.74) is 2.02. The van der Waals surface area contributed by atoms with E-state index >= 15 is 0 Å². The Morgan fingerprint density at radius 2 is 1.86 bits per heavy atom. The number of likely N-dealkylation sites (N-methyl/N-ethyl adjacent to an activating group) is 1. The SMILES string of the molecule is CN(C)C(=O)C1(Nc2cc(Nc3ccnc(-c4cnn(S(=O)(=O)C5CC5)c4)n3)ncc2-c2ccn(C)n2)CCCCC1. The van der Waals surface area contributed by atoms with E-state index in [1.807, 2.05) is 25.4 Å². The van der Waals surface area contributed by atoms with Gasteiger partial charge in [0.15, 0.2) is 5.82 Å². The Morgan fingerprint density at radius 3 is 2.55 bits per heavy atom. The van der Waals surface area contributed by atoms with E-state index < -0.39 is 15.6 Å². The molecule has 0 atom stereocenters. The molecule has 13 nitrogen and oxygen atoms in total. The Hall–Kier alpha value is -4.33. The summed E-state index contributed by atoms with van der Waals surface area (Å²) >= 11 is 0. The Bertz CT molecular complexity index is 1720. The van der Waals surface area contributed by atoms with Crippen LogP contribution in [0.4, 0.5) is 17.3 Å². The first kappa shape index (κ1) is 27.8. The van der Waals surface area contributed by atoms with Gasteiger partial charge in [0.1, 0.15) is 17.2 Å². The summed E-state index contributed by atoms with van der Waals surface area (Å²) in [5, 5.41) is 15.1. The van der Waals surface area contributed by atoms with Crippen LogP contribution in [0.5, 0.6) is 0 Å². The van der Waals surface area contributed by atoms with Gasteiger partial charge >= 0.3 is 0 Å². The monoisotopic (exact) mass is 590 g/mol. The Labute approximate surface area is 244 Å². The van der Waals surface area contributed by atoms with Crippen LogP contribution in [0.25, 0.3) is 22.6 Å². The number of amides is 1. The predicted molar refractivity (Wildman–Crippen MR) is 158 cm³/mol. The third kappa shape index (κ3) is 5.45. The molecule has 4 aromatic rings. The molecule has 0 aliphatic heterocycles. The molecule has 0 aromatic carbocycles. The van der Waals surface area contributed by atoms with Gasteiger partial charge in [0, 0.05) is 57.1 Å². The number of carbonyl (C=O) groups is 1. The highest BCUT2D eigenvalue weighted by atomic mass is 32.2. The van der Waals surface area contributed by atoms with Gasteiger partial charge in [0.2, 0.25) is 5.91 Å². The molecule has 0 unspecified atom stereocenters. The van der Waals surface area contributed by atoms with E-state index in [9.17, 15) is 13.2 Å². The summed E-state index contributed by atoms with van der Waals surface area (Å²) in [6, 6.07) is 5.48. The lowest BCUT2D eigenvalue weighted by molar-refractivity contribution is -0.134. The maximum absolute atomic E-state index is 13.5. The fraction of sp³-hybridized carbons (Fsp3) is 0.429. The van der Waals surface area contributed by atoms with E-state index in [-0.39, 0.29) is 11.2 Å². The first-order chi connectivity index (χ1) is 20.1. The number of anilines is 3. The minimum Gasteiger partial charge on any atom is -0.371 e. The molecule has 42 heavy (non-hydrogen) atoms. The molecule has 4 aromatic heterocycles. The molecule has 220 valence electrons. The summed E-state index contributed by atoms with van der Waals surface area (Å²) in [7, 11) is 1.95. The molecule has 2 N–H and O–H groups in total. The molecule has 6 rings (SSSR count). The van der Waals surface area contributed by atoms with E-state index in [2.05, 4.69) is 35.8 Å². The van der Waals surface area contributed by atoms with Gasteiger partial charge in [-0.3, -0.25) is 9.48 Å². The number of hydrogen-bond donors (Lipinski definition) is 2. The van der Waals surface area contributed by atoms with Gasteiger partial charge in [-0.2, -0.15) is 14.3 Å². The van der Waals surface area contributed by atoms with Crippen LogP contribution >= 0.6 is 0 Å². The van der Waals surface area contributed by atoms with Gasteiger partial charge in [-0.05, 0) is 37.8 Å². The minimum absolute atomic E-state index is 0.0465. The summed E-state index contributed by atoms with van der Waals surface area (Å²) in [5.74, 6) is 1.36. The second-order valence-corrected chi connectivity index (χ2v) is 13.3. The lowest BCUT2D eigenvalue weighted by atomic mass is 9.80. The zero-order chi connectivity index (χ0) is 29.5. The quantitative estimate of drug-likeness (QED) is 0.296. The minimum atomic E-state index is -3.49. The number of carbonyl (C=O) groups excluding carboxylic acids is 1. The average Bonchev–Trinajstić information content (AvgIpc) is 3.57. The fourth-order valence-corrected chi connectivity index (χ4v) is 6.88. The third-order valence-corrected chi connectivity index (χ3v) is 9.76. The summed E-state index contributed by atoms with van der Waals surface area (Å²) in [4.78, 5) is 28.7. The van der Waals surface area contributed by atoms with Crippen molar-refractivity contribution in [1.82, 2.24) is 38.8 Å². The number of pyridine rings is 1. The maximum Gasteiger partial charge on any atom is 0.256 e. The van der Waals surface area contributed by atoms with E-state index in [0.29, 0.717) is 35.9 Å². The smallest absolute Gasteiger partial charge is 0.256 e. The molecule has 4 heterocycles. The van der Waals surface area contributed by atoms with Crippen LogP contribution in [-0.4, -0.2) is 78.0 Å². The highest BCUT2D eigenvalue weighted by Gasteiger charge is 2.41. The van der Waals surface area contributed by atoms with Crippen molar-refractivity contribution in [3.05, 3.63) is 49.2 Å². The Balaban J connectivity index is 1.31. The van der Waals surface area contributed by atoms with Crippen LogP contribution in [0, 0.1) is 0 Å². The summed E-state index contributed by atoms with van der Waals surface area (Å²) in [6.07, 6.45) is 13.9. The predicted octanol–water partition coefficient (Wildman–Crippen LogP) is 3.42. The van der Waals surface area contributed by atoms with Gasteiger partial charge in [0.25, 0.3) is 10.0 Å². The van der Waals surface area contributed by atoms with Gasteiger partial charge in [0.05, 0.1) is 28.9 Å². The van der Waals surface area contributed by atoms with Gasteiger partial charge in [-0.1, -0.05) is 19.3 Å². The average molecular weight is 591 g/mol. The standard InChI is InChI=1S/C28H34N10O3S/c1-36(2)27(39)28(11-5-4-6-12-28)34-23-15-25(30-17-21(23)22-10-14-37(3)35-22)32-24-9-13-29-26(33-24)19-16-31-38(18-19)42(40,41)20-7-8-20/h9-10,13-18,20H,4-8,11-12H2,1-3H3,(H2,29,30,32,33,34). The zero-order valence-electron chi connectivity index (χ0n) is 23.9. The molecule has 2 fully saturated rings. The molecule has 0 bridgehead atoms. The van der Waals surface area contributed by atoms with Gasteiger partial charge in [-0.15, -0.1) is 0 Å². The number of nitrogens with one attached hydrogen (secondary N) is 2. The van der Waals surface area contributed by atoms with Crippen LogP contribution in [0.15, 0.2) is 49.2 Å². The van der Waals surface area contributed by atoms with E-state index in [0.717, 1.165) is 53.1 Å². The Morgan fingerprint density at radius 1 is 1.07 bits per heavy atom. The molecular formula is C28H34N10O3S. The van der Waals surface area contributed by atoms with Crippen molar-refractivity contribution in [2.75, 3.05) is 24.7 Å². The molecular weight excluding hydrogens is 556 g/mol.